The van der Waals surface area contributed by atoms with Gasteiger partial charge in [-0.15, -0.1) is 6.58 Å². The molecule has 0 amide bonds. The molecular formula is C16H21N3O2S2. The first kappa shape index (κ1) is 17.7. The van der Waals surface area contributed by atoms with Crippen molar-refractivity contribution in [2.24, 2.45) is 0 Å². The van der Waals surface area contributed by atoms with Gasteiger partial charge in [0.25, 0.3) is 0 Å². The molecule has 0 radical (unpaired) electrons. The second kappa shape index (κ2) is 8.24. The normalized spacial score (nSPS) is 16.4. The molecule has 0 saturated carbocycles. The van der Waals surface area contributed by atoms with Crippen LogP contribution >= 0.6 is 12.2 Å². The number of sulfonamides is 1. The molecule has 0 aromatic heterocycles. The zero-order valence-corrected chi connectivity index (χ0v) is 14.5. The van der Waals surface area contributed by atoms with E-state index in [1.807, 2.05) is 35.2 Å². The highest BCUT2D eigenvalue weighted by Crippen LogP contribution is 2.11. The fraction of sp³-hybridized carbons (Fsp3) is 0.312. The second-order valence-corrected chi connectivity index (χ2v) is 7.32. The third-order valence-electron chi connectivity index (χ3n) is 3.52. The largest absolute Gasteiger partial charge is 0.359 e. The number of nitrogens with zero attached hydrogens (tertiary/aromatic N) is 2. The zero-order chi connectivity index (χ0) is 16.7. The minimum absolute atomic E-state index is 0.428. The molecule has 5 nitrogen and oxygen atoms in total. The van der Waals surface area contributed by atoms with Crippen molar-refractivity contribution in [2.45, 2.75) is 0 Å². The molecule has 0 atom stereocenters. The molecule has 0 bridgehead atoms. The Morgan fingerprint density at radius 1 is 1.22 bits per heavy atom. The van der Waals surface area contributed by atoms with Gasteiger partial charge in [-0.1, -0.05) is 36.4 Å². The molecular weight excluding hydrogens is 330 g/mol. The summed E-state index contributed by atoms with van der Waals surface area (Å²) in [4.78, 5) is 1.98. The van der Waals surface area contributed by atoms with E-state index in [1.165, 1.54) is 9.71 Å². The summed E-state index contributed by atoms with van der Waals surface area (Å²) in [6, 6.07) is 9.39. The topological polar surface area (TPSA) is 52.6 Å². The number of benzene rings is 1. The van der Waals surface area contributed by atoms with E-state index in [1.54, 1.807) is 12.2 Å². The van der Waals surface area contributed by atoms with Crippen molar-refractivity contribution in [1.82, 2.24) is 14.5 Å². The van der Waals surface area contributed by atoms with Crippen LogP contribution in [0.2, 0.25) is 0 Å². The Labute approximate surface area is 143 Å². The Bertz CT molecular complexity index is 664. The van der Waals surface area contributed by atoms with Crippen LogP contribution < -0.4 is 5.32 Å². The minimum atomic E-state index is -3.40. The average molecular weight is 351 g/mol. The maximum absolute atomic E-state index is 12.4. The number of piperazine rings is 1. The summed E-state index contributed by atoms with van der Waals surface area (Å²) >= 11 is 5.27. The molecule has 1 aromatic carbocycles. The molecule has 0 aliphatic carbocycles. The van der Waals surface area contributed by atoms with Crippen LogP contribution in [0.15, 0.2) is 48.4 Å². The lowest BCUT2D eigenvalue weighted by Gasteiger charge is -2.34. The van der Waals surface area contributed by atoms with E-state index in [9.17, 15) is 8.42 Å². The van der Waals surface area contributed by atoms with Gasteiger partial charge >= 0.3 is 0 Å². The molecule has 7 heteroatoms. The molecule has 1 aliphatic heterocycles. The molecule has 1 aromatic rings. The van der Waals surface area contributed by atoms with E-state index in [4.69, 9.17) is 12.2 Å². The van der Waals surface area contributed by atoms with E-state index >= 15 is 0 Å². The second-order valence-electron chi connectivity index (χ2n) is 5.12. The molecule has 1 heterocycles. The van der Waals surface area contributed by atoms with Crippen LogP contribution in [0.3, 0.4) is 0 Å². The quantitative estimate of drug-likeness (QED) is 0.646. The van der Waals surface area contributed by atoms with Crippen LogP contribution in [-0.2, 0) is 10.0 Å². The number of rotatable bonds is 5. The third-order valence-corrected chi connectivity index (χ3v) is 5.48. The summed E-state index contributed by atoms with van der Waals surface area (Å²) < 4.78 is 26.2. The minimum Gasteiger partial charge on any atom is -0.359 e. The van der Waals surface area contributed by atoms with Gasteiger partial charge in [0.1, 0.15) is 0 Å². The fourth-order valence-electron chi connectivity index (χ4n) is 2.23. The van der Waals surface area contributed by atoms with Crippen LogP contribution in [0, 0.1) is 0 Å². The first-order valence-electron chi connectivity index (χ1n) is 7.40. The van der Waals surface area contributed by atoms with Crippen molar-refractivity contribution >= 4 is 33.4 Å². The number of thiocarbonyl (C=S) groups is 1. The van der Waals surface area contributed by atoms with Gasteiger partial charge in [-0.2, -0.15) is 4.31 Å². The Balaban J connectivity index is 1.92. The highest BCUT2D eigenvalue weighted by atomic mass is 32.2. The maximum Gasteiger partial charge on any atom is 0.236 e. The molecule has 23 heavy (non-hydrogen) atoms. The van der Waals surface area contributed by atoms with E-state index in [0.717, 1.165) is 5.56 Å². The van der Waals surface area contributed by atoms with Crippen LogP contribution in [0.25, 0.3) is 6.08 Å². The maximum atomic E-state index is 12.4. The molecule has 0 unspecified atom stereocenters. The Morgan fingerprint density at radius 3 is 2.48 bits per heavy atom. The van der Waals surface area contributed by atoms with Crippen LogP contribution in [0.1, 0.15) is 5.56 Å². The van der Waals surface area contributed by atoms with Gasteiger partial charge in [-0.25, -0.2) is 8.42 Å². The highest BCUT2D eigenvalue weighted by Gasteiger charge is 2.25. The summed E-state index contributed by atoms with van der Waals surface area (Å²) in [7, 11) is -3.40. The van der Waals surface area contributed by atoms with Crippen LogP contribution in [0.5, 0.6) is 0 Å². The van der Waals surface area contributed by atoms with Crippen molar-refractivity contribution < 1.29 is 8.42 Å². The zero-order valence-electron chi connectivity index (χ0n) is 12.9. The lowest BCUT2D eigenvalue weighted by Crippen LogP contribution is -2.52. The van der Waals surface area contributed by atoms with Crippen LogP contribution in [-0.4, -0.2) is 55.5 Å². The van der Waals surface area contributed by atoms with Gasteiger partial charge < -0.3 is 10.2 Å². The van der Waals surface area contributed by atoms with E-state index in [-0.39, 0.29) is 0 Å². The SMILES string of the molecule is C=CCNC(=S)N1CCN(S(=O)(=O)/C=C/c2ccccc2)CC1. The molecule has 1 saturated heterocycles. The first-order valence-corrected chi connectivity index (χ1v) is 9.31. The van der Waals surface area contributed by atoms with Gasteiger partial charge in [0, 0.05) is 38.1 Å². The smallest absolute Gasteiger partial charge is 0.236 e. The molecule has 1 N–H and O–H groups in total. The Hall–Kier alpha value is -1.70. The summed E-state index contributed by atoms with van der Waals surface area (Å²) in [6.45, 7) is 6.27. The van der Waals surface area contributed by atoms with Crippen molar-refractivity contribution in [3.05, 3.63) is 54.0 Å². The lowest BCUT2D eigenvalue weighted by atomic mass is 10.2. The van der Waals surface area contributed by atoms with Gasteiger partial charge in [0.05, 0.1) is 0 Å². The summed E-state index contributed by atoms with van der Waals surface area (Å²) in [5.41, 5.74) is 0.865. The summed E-state index contributed by atoms with van der Waals surface area (Å²) in [6.07, 6.45) is 3.36. The lowest BCUT2D eigenvalue weighted by molar-refractivity contribution is 0.266. The van der Waals surface area contributed by atoms with Gasteiger partial charge in [0.2, 0.25) is 10.0 Å². The van der Waals surface area contributed by atoms with Gasteiger partial charge in [-0.05, 0) is 23.9 Å². The summed E-state index contributed by atoms with van der Waals surface area (Å²) in [5, 5.41) is 4.97. The van der Waals surface area contributed by atoms with Crippen molar-refractivity contribution in [2.75, 3.05) is 32.7 Å². The average Bonchev–Trinajstić information content (AvgIpc) is 2.59. The number of hydrogen-bond donors (Lipinski definition) is 1. The Morgan fingerprint density at radius 2 is 1.87 bits per heavy atom. The Kier molecular flexibility index (Phi) is 6.32. The fourth-order valence-corrected chi connectivity index (χ4v) is 3.67. The number of hydrogen-bond acceptors (Lipinski definition) is 3. The van der Waals surface area contributed by atoms with Crippen molar-refractivity contribution in [3.8, 4) is 0 Å². The predicted molar refractivity (Wildman–Crippen MR) is 98.3 cm³/mol. The molecule has 124 valence electrons. The predicted octanol–water partition coefficient (Wildman–Crippen LogP) is 1.67. The van der Waals surface area contributed by atoms with E-state index in [2.05, 4.69) is 11.9 Å². The molecule has 1 aliphatic rings. The monoisotopic (exact) mass is 351 g/mol. The molecule has 1 fully saturated rings. The highest BCUT2D eigenvalue weighted by molar-refractivity contribution is 7.92. The van der Waals surface area contributed by atoms with Crippen molar-refractivity contribution in [3.63, 3.8) is 0 Å². The van der Waals surface area contributed by atoms with Crippen LogP contribution in [0.4, 0.5) is 0 Å². The van der Waals surface area contributed by atoms with Gasteiger partial charge in [0.15, 0.2) is 5.11 Å². The first-order chi connectivity index (χ1) is 11.0. The van der Waals surface area contributed by atoms with Gasteiger partial charge in [-0.3, -0.25) is 0 Å². The number of nitrogens with one attached hydrogen (secondary N) is 1. The molecule has 2 rings (SSSR count). The molecule has 0 spiro atoms. The van der Waals surface area contributed by atoms with E-state index in [0.29, 0.717) is 37.8 Å². The third kappa shape index (κ3) is 5.16. The van der Waals surface area contributed by atoms with E-state index < -0.39 is 10.0 Å². The summed E-state index contributed by atoms with van der Waals surface area (Å²) in [5.74, 6) is 0. The van der Waals surface area contributed by atoms with Crippen molar-refractivity contribution in [1.29, 1.82) is 0 Å². The standard InChI is InChI=1S/C16H21N3O2S2/c1-2-9-17-16(22)18-10-12-19(13-11-18)23(20,21)14-8-15-6-4-3-5-7-15/h2-8,14H,1,9-13H2,(H,17,22)/b14-8+.